The number of nitrogens with one attached hydrogen (secondary N) is 2. The van der Waals surface area contributed by atoms with E-state index in [4.69, 9.17) is 4.84 Å². The Morgan fingerprint density at radius 2 is 1.61 bits per heavy atom. The molecule has 2 aromatic carbocycles. The van der Waals surface area contributed by atoms with Gasteiger partial charge in [-0.3, -0.25) is 9.59 Å². The van der Waals surface area contributed by atoms with Crippen molar-refractivity contribution in [3.63, 3.8) is 0 Å². The third-order valence-electron chi connectivity index (χ3n) is 6.42. The lowest BCUT2D eigenvalue weighted by Gasteiger charge is -2.32. The normalized spacial score (nSPS) is 13.8. The monoisotopic (exact) mass is 488 g/mol. The second-order valence-electron chi connectivity index (χ2n) is 9.44. The summed E-state index contributed by atoms with van der Waals surface area (Å²) in [5.74, 6) is -1.13. The van der Waals surface area contributed by atoms with Gasteiger partial charge < -0.3 is 15.5 Å². The number of anilines is 2. The number of carbonyl (C=O) groups excluding carboxylic acids is 3. The summed E-state index contributed by atoms with van der Waals surface area (Å²) in [4.78, 5) is 48.7. The van der Waals surface area contributed by atoms with Gasteiger partial charge in [-0.15, -0.1) is 0 Å². The fraction of sp³-hybridized carbons (Fsp3) is 0.357. The molecule has 0 saturated heterocycles. The molecule has 0 spiro atoms. The molecule has 1 saturated carbocycles. The van der Waals surface area contributed by atoms with Crippen LogP contribution in [-0.2, 0) is 9.63 Å². The summed E-state index contributed by atoms with van der Waals surface area (Å²) in [7, 11) is 0. The maximum absolute atomic E-state index is 13.7. The summed E-state index contributed by atoms with van der Waals surface area (Å²) in [6.07, 6.45) is 4.45. The number of rotatable bonds is 4. The molecule has 188 valence electrons. The van der Waals surface area contributed by atoms with Gasteiger partial charge in [0.05, 0.1) is 17.2 Å². The molecule has 0 unspecified atom stereocenters. The van der Waals surface area contributed by atoms with Crippen LogP contribution in [0.15, 0.2) is 42.5 Å². The number of fused-ring (bicyclic) bond motifs is 1. The van der Waals surface area contributed by atoms with E-state index < -0.39 is 17.9 Å². The van der Waals surface area contributed by atoms with Crippen molar-refractivity contribution in [3.8, 4) is 0 Å². The maximum Gasteiger partial charge on any atom is 0.329 e. The van der Waals surface area contributed by atoms with Gasteiger partial charge in [-0.25, -0.2) is 9.78 Å². The molecule has 0 atom stereocenters. The first-order chi connectivity index (χ1) is 17.2. The van der Waals surface area contributed by atoms with Crippen molar-refractivity contribution in [1.29, 1.82) is 0 Å². The van der Waals surface area contributed by atoms with Gasteiger partial charge in [-0.05, 0) is 56.9 Å². The van der Waals surface area contributed by atoms with Crippen LogP contribution in [0.2, 0.25) is 0 Å². The Bertz CT molecular complexity index is 1290. The van der Waals surface area contributed by atoms with Gasteiger partial charge in [0.25, 0.3) is 0 Å². The molecule has 36 heavy (non-hydrogen) atoms. The van der Waals surface area contributed by atoms with Crippen molar-refractivity contribution in [3.05, 3.63) is 64.8 Å². The summed E-state index contributed by atoms with van der Waals surface area (Å²) in [5.41, 5.74) is 4.56. The standard InChI is InChI=1S/C28H32N4O4/c1-17-14-18(2)25(19(3)15-17)31-28(35)30-24-16-21-10-8-9-13-23(21)29-26(24)27(34)32(36-20(4)33)22-11-6-5-7-12-22/h8-10,13-16,22H,5-7,11-12H2,1-4H3,(H2,30,31,35). The van der Waals surface area contributed by atoms with Gasteiger partial charge in [0, 0.05) is 18.0 Å². The zero-order valence-corrected chi connectivity index (χ0v) is 21.2. The Hall–Kier alpha value is -3.94. The third-order valence-corrected chi connectivity index (χ3v) is 6.42. The van der Waals surface area contributed by atoms with E-state index in [0.29, 0.717) is 11.2 Å². The fourth-order valence-corrected chi connectivity index (χ4v) is 4.86. The van der Waals surface area contributed by atoms with E-state index >= 15 is 0 Å². The summed E-state index contributed by atoms with van der Waals surface area (Å²) >= 11 is 0. The highest BCUT2D eigenvalue weighted by molar-refractivity contribution is 6.08. The maximum atomic E-state index is 13.7. The lowest BCUT2D eigenvalue weighted by Crippen LogP contribution is -2.43. The minimum absolute atomic E-state index is 0.0213. The smallest absolute Gasteiger partial charge is 0.329 e. The number of pyridine rings is 1. The molecule has 2 N–H and O–H groups in total. The number of aromatic nitrogens is 1. The average molecular weight is 489 g/mol. The molecule has 0 aliphatic heterocycles. The topological polar surface area (TPSA) is 101 Å². The number of hydrogen-bond donors (Lipinski definition) is 2. The van der Waals surface area contributed by atoms with Crippen molar-refractivity contribution in [2.75, 3.05) is 10.6 Å². The van der Waals surface area contributed by atoms with Crippen molar-refractivity contribution in [1.82, 2.24) is 10.0 Å². The Labute approximate surface area is 211 Å². The van der Waals surface area contributed by atoms with Crippen LogP contribution in [0, 0.1) is 20.8 Å². The highest BCUT2D eigenvalue weighted by Crippen LogP contribution is 2.28. The molecule has 3 aromatic rings. The van der Waals surface area contributed by atoms with Crippen LogP contribution < -0.4 is 10.6 Å². The van der Waals surface area contributed by atoms with Crippen molar-refractivity contribution in [2.45, 2.75) is 65.8 Å². The quantitative estimate of drug-likeness (QED) is 0.435. The number of amides is 3. The number of carbonyl (C=O) groups is 3. The molecule has 1 heterocycles. The highest BCUT2D eigenvalue weighted by atomic mass is 16.7. The first-order valence-electron chi connectivity index (χ1n) is 12.3. The average Bonchev–Trinajstić information content (AvgIpc) is 2.84. The molecule has 0 radical (unpaired) electrons. The molecule has 0 bridgehead atoms. The van der Waals surface area contributed by atoms with Gasteiger partial charge in [0.1, 0.15) is 0 Å². The minimum atomic E-state index is -0.577. The predicted molar refractivity (Wildman–Crippen MR) is 140 cm³/mol. The summed E-state index contributed by atoms with van der Waals surface area (Å²) in [6.45, 7) is 7.14. The first-order valence-corrected chi connectivity index (χ1v) is 12.3. The molecule has 1 aliphatic carbocycles. The van der Waals surface area contributed by atoms with E-state index in [0.717, 1.165) is 59.2 Å². The van der Waals surface area contributed by atoms with E-state index in [9.17, 15) is 14.4 Å². The number of hydroxylamine groups is 2. The SMILES string of the molecule is CC(=O)ON(C(=O)c1nc2ccccc2cc1NC(=O)Nc1c(C)cc(C)cc1C)C1CCCCC1. The molecule has 4 rings (SSSR count). The molecular formula is C28H32N4O4. The zero-order valence-electron chi connectivity index (χ0n) is 21.2. The summed E-state index contributed by atoms with van der Waals surface area (Å²) in [5, 5.41) is 7.63. The number of nitrogens with zero attached hydrogens (tertiary/aromatic N) is 2. The van der Waals surface area contributed by atoms with Crippen molar-refractivity contribution in [2.24, 2.45) is 0 Å². The van der Waals surface area contributed by atoms with Gasteiger partial charge in [0.15, 0.2) is 5.69 Å². The van der Waals surface area contributed by atoms with Gasteiger partial charge >= 0.3 is 17.9 Å². The molecule has 8 nitrogen and oxygen atoms in total. The zero-order chi connectivity index (χ0) is 25.8. The van der Waals surface area contributed by atoms with Crippen molar-refractivity contribution < 1.29 is 19.2 Å². The molecule has 1 fully saturated rings. The number of benzene rings is 2. The lowest BCUT2D eigenvalue weighted by molar-refractivity contribution is -0.185. The Kier molecular flexibility index (Phi) is 7.52. The molecular weight excluding hydrogens is 456 g/mol. The van der Waals surface area contributed by atoms with E-state index in [1.807, 2.05) is 51.1 Å². The number of aryl methyl sites for hydroxylation is 3. The second kappa shape index (κ2) is 10.8. The molecule has 3 amide bonds. The largest absolute Gasteiger partial charge is 0.338 e. The highest BCUT2D eigenvalue weighted by Gasteiger charge is 2.32. The number of para-hydroxylation sites is 1. The van der Waals surface area contributed by atoms with Crippen LogP contribution >= 0.6 is 0 Å². The van der Waals surface area contributed by atoms with E-state index in [1.165, 1.54) is 6.92 Å². The van der Waals surface area contributed by atoms with Gasteiger partial charge in [-0.2, -0.15) is 5.06 Å². The second-order valence-corrected chi connectivity index (χ2v) is 9.44. The van der Waals surface area contributed by atoms with Crippen molar-refractivity contribution >= 4 is 40.2 Å². The van der Waals surface area contributed by atoms with Gasteiger partial charge in [0.2, 0.25) is 0 Å². The van der Waals surface area contributed by atoms with Crippen LogP contribution in [0.25, 0.3) is 10.9 Å². The lowest BCUT2D eigenvalue weighted by atomic mass is 9.95. The molecule has 1 aliphatic rings. The van der Waals surface area contributed by atoms with E-state index in [2.05, 4.69) is 15.6 Å². The number of hydrogen-bond acceptors (Lipinski definition) is 5. The van der Waals surface area contributed by atoms with Crippen LogP contribution in [0.4, 0.5) is 16.2 Å². The minimum Gasteiger partial charge on any atom is -0.338 e. The fourth-order valence-electron chi connectivity index (χ4n) is 4.86. The van der Waals surface area contributed by atoms with Gasteiger partial charge in [-0.1, -0.05) is 55.2 Å². The summed E-state index contributed by atoms with van der Waals surface area (Å²) in [6, 6.07) is 12.3. The third kappa shape index (κ3) is 5.64. The molecule has 1 aromatic heterocycles. The van der Waals surface area contributed by atoms with E-state index in [1.54, 1.807) is 12.1 Å². The molecule has 8 heteroatoms. The van der Waals surface area contributed by atoms with Crippen LogP contribution in [0.3, 0.4) is 0 Å². The Balaban J connectivity index is 1.69. The van der Waals surface area contributed by atoms with E-state index in [-0.39, 0.29) is 17.4 Å². The Morgan fingerprint density at radius 1 is 0.944 bits per heavy atom. The van der Waals surface area contributed by atoms with Crippen LogP contribution in [0.5, 0.6) is 0 Å². The first kappa shape index (κ1) is 25.2. The van der Waals surface area contributed by atoms with Crippen LogP contribution in [0.1, 0.15) is 66.2 Å². The van der Waals surface area contributed by atoms with Crippen LogP contribution in [-0.4, -0.2) is 34.0 Å². The summed E-state index contributed by atoms with van der Waals surface area (Å²) < 4.78 is 0. The predicted octanol–water partition coefficient (Wildman–Crippen LogP) is 6.06. The number of urea groups is 1. The Morgan fingerprint density at radius 3 is 2.28 bits per heavy atom.